The molecule has 2 amide bonds. The van der Waals surface area contributed by atoms with E-state index in [1.807, 2.05) is 0 Å². The molecule has 1 aliphatic heterocycles. The lowest BCUT2D eigenvalue weighted by molar-refractivity contribution is -0.127. The van der Waals surface area contributed by atoms with Gasteiger partial charge in [0, 0.05) is 18.8 Å². The van der Waals surface area contributed by atoms with Crippen LogP contribution in [0.25, 0.3) is 0 Å². The summed E-state index contributed by atoms with van der Waals surface area (Å²) in [5.41, 5.74) is 0.488. The van der Waals surface area contributed by atoms with Crippen LogP contribution in [0.1, 0.15) is 16.8 Å². The number of aromatic carboxylic acids is 1. The Bertz CT molecular complexity index is 544. The van der Waals surface area contributed by atoms with Gasteiger partial charge in [0.15, 0.2) is 0 Å². The lowest BCUT2D eigenvalue weighted by Gasteiger charge is -2.22. The number of carbonyl (C=O) groups is 3. The molecular weight excluding hydrogens is 262 g/mol. The summed E-state index contributed by atoms with van der Waals surface area (Å²) < 4.78 is 0. The molecule has 2 rings (SSSR count). The summed E-state index contributed by atoms with van der Waals surface area (Å²) in [6.07, 6.45) is 0.00311. The van der Waals surface area contributed by atoms with E-state index in [2.05, 4.69) is 16.0 Å². The summed E-state index contributed by atoms with van der Waals surface area (Å²) in [6, 6.07) is 5.40. The number of piperazine rings is 1. The van der Waals surface area contributed by atoms with Gasteiger partial charge in [-0.2, -0.15) is 0 Å². The third-order valence-electron chi connectivity index (χ3n) is 2.91. The van der Waals surface area contributed by atoms with Crippen molar-refractivity contribution in [1.29, 1.82) is 0 Å². The Hall–Kier alpha value is -2.41. The molecule has 0 radical (unpaired) electrons. The average Bonchev–Trinajstić information content (AvgIpc) is 2.41. The molecule has 1 aliphatic rings. The van der Waals surface area contributed by atoms with Crippen molar-refractivity contribution < 1.29 is 19.5 Å². The highest BCUT2D eigenvalue weighted by Crippen LogP contribution is 2.11. The number of carboxylic acid groups (broad SMARTS) is 1. The minimum Gasteiger partial charge on any atom is -0.478 e. The first kappa shape index (κ1) is 14.0. The highest BCUT2D eigenvalue weighted by molar-refractivity contribution is 5.97. The van der Waals surface area contributed by atoms with Crippen LogP contribution in [0, 0.1) is 0 Å². The number of hydrogen-bond acceptors (Lipinski definition) is 4. The zero-order valence-electron chi connectivity index (χ0n) is 10.7. The predicted octanol–water partition coefficient (Wildman–Crippen LogP) is -0.199. The Morgan fingerprint density at radius 1 is 1.35 bits per heavy atom. The molecule has 0 bridgehead atoms. The SMILES string of the molecule is O=C(C[C@H]1NCCNC1=O)Nc1cccc(C(=O)O)c1. The van der Waals surface area contributed by atoms with Crippen molar-refractivity contribution in [2.45, 2.75) is 12.5 Å². The number of hydrogen-bond donors (Lipinski definition) is 4. The van der Waals surface area contributed by atoms with Gasteiger partial charge < -0.3 is 21.1 Å². The number of anilines is 1. The van der Waals surface area contributed by atoms with E-state index in [1.165, 1.54) is 12.1 Å². The van der Waals surface area contributed by atoms with Gasteiger partial charge in [0.05, 0.1) is 18.0 Å². The van der Waals surface area contributed by atoms with E-state index in [4.69, 9.17) is 5.11 Å². The summed E-state index contributed by atoms with van der Waals surface area (Å²) in [6.45, 7) is 1.18. The van der Waals surface area contributed by atoms with Crippen LogP contribution in [0.4, 0.5) is 5.69 Å². The molecule has 1 atom stereocenters. The van der Waals surface area contributed by atoms with Gasteiger partial charge in [0.2, 0.25) is 11.8 Å². The Kier molecular flexibility index (Phi) is 4.31. The summed E-state index contributed by atoms with van der Waals surface area (Å²) >= 11 is 0. The molecule has 1 fully saturated rings. The molecule has 1 aromatic carbocycles. The van der Waals surface area contributed by atoms with Crippen molar-refractivity contribution in [2.24, 2.45) is 0 Å². The molecule has 106 valence electrons. The minimum absolute atomic E-state index is 0.00311. The maximum absolute atomic E-state index is 11.8. The van der Waals surface area contributed by atoms with E-state index < -0.39 is 12.0 Å². The first-order valence-electron chi connectivity index (χ1n) is 6.20. The van der Waals surface area contributed by atoms with E-state index in [1.54, 1.807) is 12.1 Å². The van der Waals surface area contributed by atoms with Crippen molar-refractivity contribution in [3.8, 4) is 0 Å². The summed E-state index contributed by atoms with van der Waals surface area (Å²) in [7, 11) is 0. The Morgan fingerprint density at radius 2 is 2.15 bits per heavy atom. The first-order valence-corrected chi connectivity index (χ1v) is 6.20. The van der Waals surface area contributed by atoms with E-state index in [9.17, 15) is 14.4 Å². The van der Waals surface area contributed by atoms with Crippen LogP contribution in [-0.2, 0) is 9.59 Å². The maximum atomic E-state index is 11.8. The molecule has 0 unspecified atom stereocenters. The zero-order valence-corrected chi connectivity index (χ0v) is 10.7. The van der Waals surface area contributed by atoms with Crippen molar-refractivity contribution in [3.05, 3.63) is 29.8 Å². The number of carboxylic acids is 1. The lowest BCUT2D eigenvalue weighted by Crippen LogP contribution is -2.53. The lowest BCUT2D eigenvalue weighted by atomic mass is 10.1. The van der Waals surface area contributed by atoms with Gasteiger partial charge in [-0.3, -0.25) is 9.59 Å². The fourth-order valence-electron chi connectivity index (χ4n) is 1.94. The zero-order chi connectivity index (χ0) is 14.5. The molecule has 7 heteroatoms. The molecule has 4 N–H and O–H groups in total. The third kappa shape index (κ3) is 3.55. The summed E-state index contributed by atoms with van der Waals surface area (Å²) in [5.74, 6) is -1.61. The number of nitrogens with one attached hydrogen (secondary N) is 3. The maximum Gasteiger partial charge on any atom is 0.335 e. The monoisotopic (exact) mass is 277 g/mol. The second-order valence-electron chi connectivity index (χ2n) is 4.44. The van der Waals surface area contributed by atoms with Crippen molar-refractivity contribution in [2.75, 3.05) is 18.4 Å². The van der Waals surface area contributed by atoms with E-state index in [-0.39, 0.29) is 23.8 Å². The Labute approximate surface area is 115 Å². The van der Waals surface area contributed by atoms with Gasteiger partial charge in [-0.15, -0.1) is 0 Å². The van der Waals surface area contributed by atoms with Crippen LogP contribution < -0.4 is 16.0 Å². The molecule has 1 aromatic rings. The molecular formula is C13H15N3O4. The topological polar surface area (TPSA) is 108 Å². The smallest absolute Gasteiger partial charge is 0.335 e. The molecule has 0 aromatic heterocycles. The first-order chi connectivity index (χ1) is 9.56. The van der Waals surface area contributed by atoms with Gasteiger partial charge >= 0.3 is 5.97 Å². The molecule has 20 heavy (non-hydrogen) atoms. The van der Waals surface area contributed by atoms with E-state index >= 15 is 0 Å². The van der Waals surface area contributed by atoms with Gasteiger partial charge in [0.25, 0.3) is 0 Å². The van der Waals surface area contributed by atoms with Crippen molar-refractivity contribution in [1.82, 2.24) is 10.6 Å². The van der Waals surface area contributed by atoms with Crippen molar-refractivity contribution >= 4 is 23.5 Å². The van der Waals surface area contributed by atoms with Crippen LogP contribution in [0.3, 0.4) is 0 Å². The fraction of sp³-hybridized carbons (Fsp3) is 0.308. The van der Waals surface area contributed by atoms with Crippen LogP contribution in [-0.4, -0.2) is 42.0 Å². The molecule has 0 aliphatic carbocycles. The molecule has 1 heterocycles. The second-order valence-corrected chi connectivity index (χ2v) is 4.44. The van der Waals surface area contributed by atoms with E-state index in [0.29, 0.717) is 18.8 Å². The fourth-order valence-corrected chi connectivity index (χ4v) is 1.94. The molecule has 1 saturated heterocycles. The average molecular weight is 277 g/mol. The van der Waals surface area contributed by atoms with Gasteiger partial charge in [-0.25, -0.2) is 4.79 Å². The standard InChI is InChI=1S/C13H15N3O4/c17-11(7-10-12(18)15-5-4-14-10)16-9-3-1-2-8(6-9)13(19)20/h1-3,6,10,14H,4-5,7H2,(H,15,18)(H,16,17)(H,19,20)/t10-/m1/s1. The number of rotatable bonds is 4. The van der Waals surface area contributed by atoms with Gasteiger partial charge in [-0.05, 0) is 18.2 Å². The van der Waals surface area contributed by atoms with Gasteiger partial charge in [0.1, 0.15) is 0 Å². The van der Waals surface area contributed by atoms with Gasteiger partial charge in [-0.1, -0.05) is 6.07 Å². The molecule has 0 saturated carbocycles. The highest BCUT2D eigenvalue weighted by atomic mass is 16.4. The van der Waals surface area contributed by atoms with Crippen LogP contribution >= 0.6 is 0 Å². The Morgan fingerprint density at radius 3 is 2.85 bits per heavy atom. The van der Waals surface area contributed by atoms with E-state index in [0.717, 1.165) is 0 Å². The normalized spacial score (nSPS) is 18.2. The van der Waals surface area contributed by atoms with Crippen LogP contribution in [0.15, 0.2) is 24.3 Å². The summed E-state index contributed by atoms with van der Waals surface area (Å²) in [5, 5.41) is 17.1. The van der Waals surface area contributed by atoms with Crippen LogP contribution in [0.5, 0.6) is 0 Å². The Balaban J connectivity index is 1.95. The quantitative estimate of drug-likeness (QED) is 0.609. The predicted molar refractivity (Wildman–Crippen MR) is 71.4 cm³/mol. The largest absolute Gasteiger partial charge is 0.478 e. The molecule has 7 nitrogen and oxygen atoms in total. The number of carbonyl (C=O) groups excluding carboxylic acids is 2. The highest BCUT2D eigenvalue weighted by Gasteiger charge is 2.24. The molecule has 0 spiro atoms. The van der Waals surface area contributed by atoms with Crippen molar-refractivity contribution in [3.63, 3.8) is 0 Å². The van der Waals surface area contributed by atoms with Crippen LogP contribution in [0.2, 0.25) is 0 Å². The third-order valence-corrected chi connectivity index (χ3v) is 2.91. The number of amides is 2. The minimum atomic E-state index is -1.06. The number of benzene rings is 1. The second kappa shape index (κ2) is 6.16. The summed E-state index contributed by atoms with van der Waals surface area (Å²) in [4.78, 5) is 34.1.